The molecule has 2 unspecified atom stereocenters. The zero-order valence-corrected chi connectivity index (χ0v) is 8.69. The molecule has 4 nitrogen and oxygen atoms in total. The predicted octanol–water partition coefficient (Wildman–Crippen LogP) is 0.661. The maximum absolute atomic E-state index is 8.94. The second-order valence-electron chi connectivity index (χ2n) is 3.64. The van der Waals surface area contributed by atoms with E-state index in [-0.39, 0.29) is 31.7 Å². The number of aliphatic hydroxyl groups excluding tert-OH is 2. The zero-order chi connectivity index (χ0) is 10.4. The lowest BCUT2D eigenvalue weighted by atomic mass is 10.2. The molecule has 2 atom stereocenters. The highest BCUT2D eigenvalue weighted by Gasteiger charge is 2.34. The molecular weight excluding hydrogens is 184 g/mol. The van der Waals surface area contributed by atoms with Gasteiger partial charge in [-0.3, -0.25) is 0 Å². The van der Waals surface area contributed by atoms with Gasteiger partial charge in [-0.05, 0) is 12.8 Å². The molecule has 0 aromatic heterocycles. The summed E-state index contributed by atoms with van der Waals surface area (Å²) in [6.07, 6.45) is 3.29. The number of ether oxygens (including phenoxy) is 2. The first-order chi connectivity index (χ1) is 6.81. The summed E-state index contributed by atoms with van der Waals surface area (Å²) in [5.41, 5.74) is 0. The minimum absolute atomic E-state index is 0.0878. The third-order valence-corrected chi connectivity index (χ3v) is 2.47. The highest BCUT2D eigenvalue weighted by atomic mass is 16.7. The van der Waals surface area contributed by atoms with Gasteiger partial charge in [0.1, 0.15) is 12.2 Å². The quantitative estimate of drug-likeness (QED) is 0.624. The van der Waals surface area contributed by atoms with Gasteiger partial charge in [0, 0.05) is 0 Å². The fourth-order valence-electron chi connectivity index (χ4n) is 1.62. The van der Waals surface area contributed by atoms with E-state index in [1.165, 1.54) is 6.42 Å². The maximum Gasteiger partial charge on any atom is 0.158 e. The molecule has 1 heterocycles. The van der Waals surface area contributed by atoms with Crippen LogP contribution < -0.4 is 0 Å². The molecule has 0 bridgehead atoms. The molecule has 1 aliphatic heterocycles. The first-order valence-electron chi connectivity index (χ1n) is 5.34. The second-order valence-corrected chi connectivity index (χ2v) is 3.64. The molecule has 0 aromatic carbocycles. The summed E-state index contributed by atoms with van der Waals surface area (Å²) in [6, 6.07) is 0. The van der Waals surface area contributed by atoms with Crippen molar-refractivity contribution in [3.8, 4) is 0 Å². The van der Waals surface area contributed by atoms with E-state index in [9.17, 15) is 0 Å². The van der Waals surface area contributed by atoms with Gasteiger partial charge in [-0.25, -0.2) is 0 Å². The van der Waals surface area contributed by atoms with Crippen molar-refractivity contribution in [3.63, 3.8) is 0 Å². The minimum atomic E-state index is -0.355. The highest BCUT2D eigenvalue weighted by molar-refractivity contribution is 4.76. The Bertz CT molecular complexity index is 139. The van der Waals surface area contributed by atoms with E-state index in [1.54, 1.807) is 0 Å². The van der Waals surface area contributed by atoms with Crippen molar-refractivity contribution >= 4 is 0 Å². The molecule has 0 amide bonds. The van der Waals surface area contributed by atoms with Gasteiger partial charge in [-0.1, -0.05) is 19.8 Å². The molecule has 14 heavy (non-hydrogen) atoms. The van der Waals surface area contributed by atoms with Crippen LogP contribution in [0.25, 0.3) is 0 Å². The van der Waals surface area contributed by atoms with E-state index in [0.29, 0.717) is 0 Å². The van der Waals surface area contributed by atoms with E-state index in [4.69, 9.17) is 19.7 Å². The molecule has 4 heteroatoms. The lowest BCUT2D eigenvalue weighted by Gasteiger charge is -2.09. The van der Waals surface area contributed by atoms with Crippen LogP contribution in [0.2, 0.25) is 0 Å². The first kappa shape index (κ1) is 11.9. The minimum Gasteiger partial charge on any atom is -0.394 e. The van der Waals surface area contributed by atoms with Gasteiger partial charge >= 0.3 is 0 Å². The van der Waals surface area contributed by atoms with Crippen LogP contribution in [0, 0.1) is 0 Å². The maximum atomic E-state index is 8.94. The number of hydrogen-bond donors (Lipinski definition) is 2. The van der Waals surface area contributed by atoms with Crippen molar-refractivity contribution in [2.75, 3.05) is 13.2 Å². The van der Waals surface area contributed by atoms with Crippen LogP contribution in [-0.2, 0) is 9.47 Å². The average Bonchev–Trinajstić information content (AvgIpc) is 2.61. The Morgan fingerprint density at radius 2 is 1.57 bits per heavy atom. The molecule has 0 spiro atoms. The third-order valence-electron chi connectivity index (χ3n) is 2.47. The lowest BCUT2D eigenvalue weighted by molar-refractivity contribution is -0.0792. The number of unbranched alkanes of at least 4 members (excludes halogenated alkanes) is 2. The molecule has 1 rings (SSSR count). The molecule has 0 radical (unpaired) electrons. The Labute approximate surface area is 84.8 Å². The van der Waals surface area contributed by atoms with E-state index in [1.807, 2.05) is 0 Å². The standard InChI is InChI=1S/C10H20O4/c1-2-3-4-5-10-13-8(6-11)9(7-12)14-10/h8-12H,2-7H2,1H3. The van der Waals surface area contributed by atoms with Crippen molar-refractivity contribution in [2.24, 2.45) is 0 Å². The zero-order valence-electron chi connectivity index (χ0n) is 8.69. The van der Waals surface area contributed by atoms with Gasteiger partial charge in [0.2, 0.25) is 0 Å². The van der Waals surface area contributed by atoms with Gasteiger partial charge < -0.3 is 19.7 Å². The molecule has 0 saturated carbocycles. The SMILES string of the molecule is CCCCCC1OC(CO)C(CO)O1. The number of hydrogen-bond acceptors (Lipinski definition) is 4. The van der Waals surface area contributed by atoms with Gasteiger partial charge in [-0.15, -0.1) is 0 Å². The number of rotatable bonds is 6. The summed E-state index contributed by atoms with van der Waals surface area (Å²) in [5.74, 6) is 0. The highest BCUT2D eigenvalue weighted by Crippen LogP contribution is 2.22. The predicted molar refractivity (Wildman–Crippen MR) is 51.8 cm³/mol. The van der Waals surface area contributed by atoms with Crippen LogP contribution in [-0.4, -0.2) is 41.9 Å². The molecular formula is C10H20O4. The molecule has 2 N–H and O–H groups in total. The molecule has 0 aliphatic carbocycles. The summed E-state index contributed by atoms with van der Waals surface area (Å²) in [6.45, 7) is 1.97. The number of aliphatic hydroxyl groups is 2. The molecule has 1 fully saturated rings. The van der Waals surface area contributed by atoms with Crippen LogP contribution in [0.5, 0.6) is 0 Å². The van der Waals surface area contributed by atoms with Crippen LogP contribution in [0.4, 0.5) is 0 Å². The van der Waals surface area contributed by atoms with E-state index < -0.39 is 0 Å². The summed E-state index contributed by atoms with van der Waals surface area (Å²) < 4.78 is 10.9. The fraction of sp³-hybridized carbons (Fsp3) is 1.00. The summed E-state index contributed by atoms with van der Waals surface area (Å²) in [4.78, 5) is 0. The molecule has 0 aromatic rings. The third kappa shape index (κ3) is 3.20. The van der Waals surface area contributed by atoms with Crippen LogP contribution in [0.3, 0.4) is 0 Å². The van der Waals surface area contributed by atoms with Gasteiger partial charge in [0.05, 0.1) is 13.2 Å². The van der Waals surface area contributed by atoms with Gasteiger partial charge in [0.25, 0.3) is 0 Å². The molecule has 1 aliphatic rings. The van der Waals surface area contributed by atoms with E-state index >= 15 is 0 Å². The van der Waals surface area contributed by atoms with Crippen molar-refractivity contribution in [2.45, 2.75) is 51.1 Å². The first-order valence-corrected chi connectivity index (χ1v) is 5.34. The van der Waals surface area contributed by atoms with Crippen molar-refractivity contribution in [3.05, 3.63) is 0 Å². The van der Waals surface area contributed by atoms with Gasteiger partial charge in [0.15, 0.2) is 6.29 Å². The summed E-state index contributed by atoms with van der Waals surface area (Å²) in [7, 11) is 0. The van der Waals surface area contributed by atoms with Crippen molar-refractivity contribution < 1.29 is 19.7 Å². The van der Waals surface area contributed by atoms with E-state index in [0.717, 1.165) is 19.3 Å². The Morgan fingerprint density at radius 1 is 1.00 bits per heavy atom. The van der Waals surface area contributed by atoms with Crippen LogP contribution >= 0.6 is 0 Å². The van der Waals surface area contributed by atoms with Crippen molar-refractivity contribution in [1.82, 2.24) is 0 Å². The fourth-order valence-corrected chi connectivity index (χ4v) is 1.62. The largest absolute Gasteiger partial charge is 0.394 e. The molecule has 84 valence electrons. The average molecular weight is 204 g/mol. The summed E-state index contributed by atoms with van der Waals surface area (Å²) in [5, 5.41) is 17.9. The normalized spacial score (nSPS) is 32.4. The van der Waals surface area contributed by atoms with Crippen LogP contribution in [0.1, 0.15) is 32.6 Å². The monoisotopic (exact) mass is 204 g/mol. The molecule has 1 saturated heterocycles. The summed E-state index contributed by atoms with van der Waals surface area (Å²) >= 11 is 0. The smallest absolute Gasteiger partial charge is 0.158 e. The second kappa shape index (κ2) is 6.35. The van der Waals surface area contributed by atoms with Crippen molar-refractivity contribution in [1.29, 1.82) is 0 Å². The Kier molecular flexibility index (Phi) is 5.40. The topological polar surface area (TPSA) is 58.9 Å². The Hall–Kier alpha value is -0.160. The van der Waals surface area contributed by atoms with Crippen LogP contribution in [0.15, 0.2) is 0 Å². The Balaban J connectivity index is 2.23. The Morgan fingerprint density at radius 3 is 2.00 bits per heavy atom. The van der Waals surface area contributed by atoms with Gasteiger partial charge in [-0.2, -0.15) is 0 Å². The van der Waals surface area contributed by atoms with E-state index in [2.05, 4.69) is 6.92 Å². The lowest BCUT2D eigenvalue weighted by Crippen LogP contribution is -2.29.